The molecule has 0 radical (unpaired) electrons. The highest BCUT2D eigenvalue weighted by Crippen LogP contribution is 2.27. The molecule has 1 fully saturated rings. The van der Waals surface area contributed by atoms with Crippen LogP contribution in [0.25, 0.3) is 0 Å². The van der Waals surface area contributed by atoms with Gasteiger partial charge in [0.1, 0.15) is 5.82 Å². The molecule has 1 aliphatic rings. The fourth-order valence-corrected chi connectivity index (χ4v) is 2.09. The molecule has 0 aliphatic heterocycles. The topological polar surface area (TPSA) is 95.3 Å². The van der Waals surface area contributed by atoms with Crippen LogP contribution in [-0.4, -0.2) is 38.8 Å². The van der Waals surface area contributed by atoms with Gasteiger partial charge in [0.15, 0.2) is 5.69 Å². The van der Waals surface area contributed by atoms with Crippen molar-refractivity contribution in [1.82, 2.24) is 9.97 Å². The predicted octanol–water partition coefficient (Wildman–Crippen LogP) is 1.48. The van der Waals surface area contributed by atoms with E-state index in [9.17, 15) is 15.0 Å². The molecule has 1 saturated carbocycles. The summed E-state index contributed by atoms with van der Waals surface area (Å²) in [6.45, 7) is 4.48. The zero-order valence-corrected chi connectivity index (χ0v) is 11.1. The first-order valence-corrected chi connectivity index (χ1v) is 6.49. The second-order valence-electron chi connectivity index (χ2n) is 5.32. The van der Waals surface area contributed by atoms with Crippen LogP contribution in [0.2, 0.25) is 0 Å². The van der Waals surface area contributed by atoms with E-state index < -0.39 is 5.97 Å². The zero-order valence-electron chi connectivity index (χ0n) is 11.1. The van der Waals surface area contributed by atoms with E-state index in [2.05, 4.69) is 15.3 Å². The van der Waals surface area contributed by atoms with E-state index >= 15 is 0 Å². The summed E-state index contributed by atoms with van der Waals surface area (Å²) in [6, 6.07) is 0. The molecule has 6 nitrogen and oxygen atoms in total. The lowest BCUT2D eigenvalue weighted by Crippen LogP contribution is -2.33. The number of carbonyl (C=O) groups is 1. The van der Waals surface area contributed by atoms with Gasteiger partial charge in [0.2, 0.25) is 0 Å². The summed E-state index contributed by atoms with van der Waals surface area (Å²) in [5.41, 5.74) is 0.455. The molecule has 1 aliphatic carbocycles. The molecule has 0 unspecified atom stereocenters. The number of carboxylic acid groups (broad SMARTS) is 1. The normalized spacial score (nSPS) is 22.1. The minimum Gasteiger partial charge on any atom is -0.476 e. The monoisotopic (exact) mass is 265 g/mol. The van der Waals surface area contributed by atoms with E-state index in [1.807, 2.05) is 13.8 Å². The van der Waals surface area contributed by atoms with Crippen LogP contribution in [-0.2, 0) is 0 Å². The van der Waals surface area contributed by atoms with E-state index in [1.54, 1.807) is 0 Å². The van der Waals surface area contributed by atoms with Crippen LogP contribution in [0.15, 0.2) is 6.20 Å². The Bertz CT molecular complexity index is 470. The summed E-state index contributed by atoms with van der Waals surface area (Å²) in [7, 11) is 0. The van der Waals surface area contributed by atoms with Gasteiger partial charge < -0.3 is 15.5 Å². The molecule has 1 aromatic rings. The van der Waals surface area contributed by atoms with E-state index in [-0.39, 0.29) is 17.7 Å². The molecule has 6 heteroatoms. The molecular formula is C13H19N3O3. The van der Waals surface area contributed by atoms with Crippen molar-refractivity contribution in [2.75, 3.05) is 11.9 Å². The molecule has 0 saturated heterocycles. The average Bonchev–Trinajstić information content (AvgIpc) is 2.32. The highest BCUT2D eigenvalue weighted by atomic mass is 16.4. The molecule has 0 bridgehead atoms. The fraction of sp³-hybridized carbons (Fsp3) is 0.615. The standard InChI is InChI=1S/C13H19N3O3/c1-7(2)12-15-6-10(11(16-12)13(18)19)14-5-8-3-9(17)4-8/h6-9,14,17H,3-5H2,1-2H3,(H,18,19). The molecule has 0 aromatic carbocycles. The number of rotatable bonds is 5. The smallest absolute Gasteiger partial charge is 0.356 e. The van der Waals surface area contributed by atoms with Crippen LogP contribution in [0.1, 0.15) is 48.9 Å². The average molecular weight is 265 g/mol. The number of aliphatic hydroxyl groups excluding tert-OH is 1. The Labute approximate surface area is 111 Å². The number of carboxylic acids is 1. The first-order chi connectivity index (χ1) is 8.97. The Morgan fingerprint density at radius 3 is 2.74 bits per heavy atom. The van der Waals surface area contributed by atoms with Gasteiger partial charge in [-0.25, -0.2) is 14.8 Å². The van der Waals surface area contributed by atoms with Crippen LogP contribution in [0.3, 0.4) is 0 Å². The third-order valence-corrected chi connectivity index (χ3v) is 3.32. The maximum atomic E-state index is 11.2. The van der Waals surface area contributed by atoms with E-state index in [1.165, 1.54) is 6.20 Å². The SMILES string of the molecule is CC(C)c1ncc(NCC2CC(O)C2)c(C(=O)O)n1. The molecular weight excluding hydrogens is 246 g/mol. The largest absolute Gasteiger partial charge is 0.476 e. The fourth-order valence-electron chi connectivity index (χ4n) is 2.09. The number of aliphatic hydroxyl groups is 1. The molecule has 2 rings (SSSR count). The summed E-state index contributed by atoms with van der Waals surface area (Å²) >= 11 is 0. The van der Waals surface area contributed by atoms with Gasteiger partial charge in [-0.2, -0.15) is 0 Å². The lowest BCUT2D eigenvalue weighted by Gasteiger charge is -2.31. The second kappa shape index (κ2) is 5.52. The summed E-state index contributed by atoms with van der Waals surface area (Å²) in [5.74, 6) is -0.0437. The quantitative estimate of drug-likeness (QED) is 0.746. The number of anilines is 1. The maximum absolute atomic E-state index is 11.2. The molecule has 0 atom stereocenters. The predicted molar refractivity (Wildman–Crippen MR) is 70.3 cm³/mol. The molecule has 0 amide bonds. The van der Waals surface area contributed by atoms with Crippen LogP contribution in [0.4, 0.5) is 5.69 Å². The number of hydrogen-bond acceptors (Lipinski definition) is 5. The Morgan fingerprint density at radius 2 is 2.21 bits per heavy atom. The lowest BCUT2D eigenvalue weighted by molar-refractivity contribution is 0.0486. The van der Waals surface area contributed by atoms with Crippen molar-refractivity contribution < 1.29 is 15.0 Å². The van der Waals surface area contributed by atoms with Crippen molar-refractivity contribution in [3.63, 3.8) is 0 Å². The zero-order chi connectivity index (χ0) is 14.0. The molecule has 104 valence electrons. The van der Waals surface area contributed by atoms with Crippen LogP contribution >= 0.6 is 0 Å². The number of aromatic carboxylic acids is 1. The van der Waals surface area contributed by atoms with Crippen LogP contribution < -0.4 is 5.32 Å². The molecule has 1 heterocycles. The van der Waals surface area contributed by atoms with Gasteiger partial charge in [-0.1, -0.05) is 13.8 Å². The maximum Gasteiger partial charge on any atom is 0.356 e. The summed E-state index contributed by atoms with van der Waals surface area (Å²) < 4.78 is 0. The summed E-state index contributed by atoms with van der Waals surface area (Å²) in [6.07, 6.45) is 2.85. The number of nitrogens with zero attached hydrogens (tertiary/aromatic N) is 2. The third kappa shape index (κ3) is 3.20. The Hall–Kier alpha value is -1.69. The van der Waals surface area contributed by atoms with Crippen molar-refractivity contribution in [3.8, 4) is 0 Å². The molecule has 3 N–H and O–H groups in total. The van der Waals surface area contributed by atoms with Gasteiger partial charge in [0.25, 0.3) is 0 Å². The number of hydrogen-bond donors (Lipinski definition) is 3. The van der Waals surface area contributed by atoms with E-state index in [0.717, 1.165) is 12.8 Å². The first-order valence-electron chi connectivity index (χ1n) is 6.49. The van der Waals surface area contributed by atoms with E-state index in [0.29, 0.717) is 24.0 Å². The second-order valence-corrected chi connectivity index (χ2v) is 5.32. The minimum absolute atomic E-state index is 0.0126. The highest BCUT2D eigenvalue weighted by molar-refractivity contribution is 5.91. The van der Waals surface area contributed by atoms with Crippen molar-refractivity contribution in [3.05, 3.63) is 17.7 Å². The van der Waals surface area contributed by atoms with Crippen LogP contribution in [0, 0.1) is 5.92 Å². The van der Waals surface area contributed by atoms with Gasteiger partial charge in [0, 0.05) is 12.5 Å². The minimum atomic E-state index is -1.06. The van der Waals surface area contributed by atoms with Gasteiger partial charge in [-0.3, -0.25) is 0 Å². The number of aromatic nitrogens is 2. The van der Waals surface area contributed by atoms with Crippen molar-refractivity contribution >= 4 is 11.7 Å². The van der Waals surface area contributed by atoms with Gasteiger partial charge in [0.05, 0.1) is 18.0 Å². The Morgan fingerprint density at radius 1 is 1.53 bits per heavy atom. The van der Waals surface area contributed by atoms with Crippen molar-refractivity contribution in [2.24, 2.45) is 5.92 Å². The summed E-state index contributed by atoms with van der Waals surface area (Å²) in [5, 5.41) is 21.5. The van der Waals surface area contributed by atoms with Gasteiger partial charge in [-0.05, 0) is 18.8 Å². The molecule has 19 heavy (non-hydrogen) atoms. The lowest BCUT2D eigenvalue weighted by atomic mass is 9.82. The van der Waals surface area contributed by atoms with Gasteiger partial charge in [-0.15, -0.1) is 0 Å². The third-order valence-electron chi connectivity index (χ3n) is 3.32. The van der Waals surface area contributed by atoms with Gasteiger partial charge >= 0.3 is 5.97 Å². The summed E-state index contributed by atoms with van der Waals surface area (Å²) in [4.78, 5) is 19.5. The van der Waals surface area contributed by atoms with E-state index in [4.69, 9.17) is 0 Å². The molecule has 0 spiro atoms. The highest BCUT2D eigenvalue weighted by Gasteiger charge is 2.27. The Balaban J connectivity index is 2.08. The first kappa shape index (κ1) is 13.7. The molecule has 1 aromatic heterocycles. The Kier molecular flexibility index (Phi) is 3.99. The number of nitrogens with one attached hydrogen (secondary N) is 1. The van der Waals surface area contributed by atoms with Crippen molar-refractivity contribution in [2.45, 2.75) is 38.7 Å². The van der Waals surface area contributed by atoms with Crippen molar-refractivity contribution in [1.29, 1.82) is 0 Å². The van der Waals surface area contributed by atoms with Crippen LogP contribution in [0.5, 0.6) is 0 Å².